The first-order valence-corrected chi connectivity index (χ1v) is 5.60. The van der Waals surface area contributed by atoms with Gasteiger partial charge in [0.25, 0.3) is 0 Å². The summed E-state index contributed by atoms with van der Waals surface area (Å²) in [6, 6.07) is 1.49. The van der Waals surface area contributed by atoms with Crippen LogP contribution in [0.5, 0.6) is 0 Å². The molecule has 0 radical (unpaired) electrons. The van der Waals surface area contributed by atoms with E-state index in [2.05, 4.69) is 10.3 Å². The summed E-state index contributed by atoms with van der Waals surface area (Å²) < 4.78 is 4.77. The Balaban J connectivity index is 2.63. The largest absolute Gasteiger partial charge is 0.389 e. The summed E-state index contributed by atoms with van der Waals surface area (Å²) in [5, 5.41) is 13.1. The number of hydrogen-bond acceptors (Lipinski definition) is 4. The van der Waals surface area contributed by atoms with E-state index in [1.54, 1.807) is 0 Å². The molecule has 1 heterocycles. The summed E-state index contributed by atoms with van der Waals surface area (Å²) >= 11 is 17.3. The first-order chi connectivity index (χ1) is 7.54. The van der Waals surface area contributed by atoms with Crippen LogP contribution in [0.25, 0.3) is 0 Å². The number of aliphatic hydroxyl groups is 1. The lowest BCUT2D eigenvalue weighted by Gasteiger charge is -2.12. The van der Waals surface area contributed by atoms with E-state index in [0.717, 1.165) is 0 Å². The number of nitrogens with one attached hydrogen (secondary N) is 1. The van der Waals surface area contributed by atoms with Crippen LogP contribution in [0.4, 0.5) is 5.82 Å². The van der Waals surface area contributed by atoms with E-state index in [0.29, 0.717) is 10.8 Å². The zero-order valence-electron chi connectivity index (χ0n) is 8.51. The Morgan fingerprint density at radius 1 is 1.44 bits per heavy atom. The van der Waals surface area contributed by atoms with Crippen molar-refractivity contribution in [2.45, 2.75) is 6.10 Å². The number of hydrogen-bond donors (Lipinski definition) is 2. The normalized spacial score (nSPS) is 12.6. The summed E-state index contributed by atoms with van der Waals surface area (Å²) in [6.45, 7) is 0.491. The van der Waals surface area contributed by atoms with Crippen LogP contribution < -0.4 is 5.32 Å². The Kier molecular flexibility index (Phi) is 5.58. The number of anilines is 1. The Morgan fingerprint density at radius 3 is 2.75 bits per heavy atom. The third kappa shape index (κ3) is 3.96. The first kappa shape index (κ1) is 13.8. The number of halogens is 3. The average Bonchev–Trinajstić information content (AvgIpc) is 2.22. The molecule has 0 amide bonds. The van der Waals surface area contributed by atoms with E-state index in [-0.39, 0.29) is 23.3 Å². The molecule has 0 aromatic carbocycles. The van der Waals surface area contributed by atoms with Gasteiger partial charge in [-0.2, -0.15) is 0 Å². The van der Waals surface area contributed by atoms with Crippen molar-refractivity contribution >= 4 is 40.6 Å². The average molecular weight is 286 g/mol. The molecule has 7 heteroatoms. The maximum absolute atomic E-state index is 9.41. The number of nitrogens with zero attached hydrogens (tertiary/aromatic N) is 1. The Labute approximate surface area is 108 Å². The van der Waals surface area contributed by atoms with Crippen molar-refractivity contribution in [2.24, 2.45) is 0 Å². The smallest absolute Gasteiger partial charge is 0.150 e. The number of pyridine rings is 1. The minimum atomic E-state index is -0.641. The van der Waals surface area contributed by atoms with Crippen LogP contribution in [0.2, 0.25) is 15.2 Å². The molecule has 0 aliphatic carbocycles. The minimum Gasteiger partial charge on any atom is -0.389 e. The monoisotopic (exact) mass is 284 g/mol. The standard InChI is InChI=1S/C9H11Cl3N2O2/c1-16-4-5(15)3-13-9-7(11)2-6(10)8(12)14-9/h2,5,15H,3-4H2,1H3,(H,13,14). The first-order valence-electron chi connectivity index (χ1n) is 4.47. The highest BCUT2D eigenvalue weighted by molar-refractivity contribution is 6.42. The SMILES string of the molecule is COCC(O)CNc1nc(Cl)c(Cl)cc1Cl. The van der Waals surface area contributed by atoms with Gasteiger partial charge in [-0.3, -0.25) is 0 Å². The summed E-state index contributed by atoms with van der Waals surface area (Å²) in [6.07, 6.45) is -0.641. The van der Waals surface area contributed by atoms with E-state index in [1.807, 2.05) is 0 Å². The Bertz CT molecular complexity index is 363. The molecular formula is C9H11Cl3N2O2. The highest BCUT2D eigenvalue weighted by Crippen LogP contribution is 2.28. The van der Waals surface area contributed by atoms with Crippen molar-refractivity contribution in [2.75, 3.05) is 25.6 Å². The molecule has 90 valence electrons. The number of aromatic nitrogens is 1. The van der Waals surface area contributed by atoms with Crippen molar-refractivity contribution in [1.82, 2.24) is 4.98 Å². The van der Waals surface area contributed by atoms with Crippen LogP contribution in [0.1, 0.15) is 0 Å². The van der Waals surface area contributed by atoms with E-state index in [9.17, 15) is 5.11 Å². The van der Waals surface area contributed by atoms with Gasteiger partial charge in [0, 0.05) is 13.7 Å². The maximum atomic E-state index is 9.41. The molecule has 2 N–H and O–H groups in total. The van der Waals surface area contributed by atoms with Crippen LogP contribution in [0, 0.1) is 0 Å². The molecule has 0 spiro atoms. The van der Waals surface area contributed by atoms with Gasteiger partial charge in [0.2, 0.25) is 0 Å². The quantitative estimate of drug-likeness (QED) is 0.816. The minimum absolute atomic E-state index is 0.162. The predicted octanol–water partition coefficient (Wildman–Crippen LogP) is 2.46. The van der Waals surface area contributed by atoms with Gasteiger partial charge < -0.3 is 15.2 Å². The lowest BCUT2D eigenvalue weighted by atomic mass is 10.3. The predicted molar refractivity (Wildman–Crippen MR) is 65.6 cm³/mol. The molecule has 16 heavy (non-hydrogen) atoms. The highest BCUT2D eigenvalue weighted by atomic mass is 35.5. The fourth-order valence-electron chi connectivity index (χ4n) is 1.03. The van der Waals surface area contributed by atoms with Crippen molar-refractivity contribution < 1.29 is 9.84 Å². The van der Waals surface area contributed by atoms with E-state index in [4.69, 9.17) is 39.5 Å². The topological polar surface area (TPSA) is 54.4 Å². The van der Waals surface area contributed by atoms with Crippen LogP contribution in [0.15, 0.2) is 6.07 Å². The maximum Gasteiger partial charge on any atom is 0.150 e. The Morgan fingerprint density at radius 2 is 2.12 bits per heavy atom. The third-order valence-corrected chi connectivity index (χ3v) is 2.71. The molecule has 1 unspecified atom stereocenters. The summed E-state index contributed by atoms with van der Waals surface area (Å²) in [4.78, 5) is 3.94. The molecule has 1 atom stereocenters. The molecule has 0 saturated carbocycles. The fraction of sp³-hybridized carbons (Fsp3) is 0.444. The number of rotatable bonds is 5. The van der Waals surface area contributed by atoms with Crippen LogP contribution in [0.3, 0.4) is 0 Å². The highest BCUT2D eigenvalue weighted by Gasteiger charge is 2.09. The number of methoxy groups -OCH3 is 1. The second kappa shape index (κ2) is 6.47. The fourth-order valence-corrected chi connectivity index (χ4v) is 1.60. The van der Waals surface area contributed by atoms with E-state index in [1.165, 1.54) is 13.2 Å². The van der Waals surface area contributed by atoms with Crippen LogP contribution >= 0.6 is 34.8 Å². The van der Waals surface area contributed by atoms with E-state index >= 15 is 0 Å². The van der Waals surface area contributed by atoms with Gasteiger partial charge in [0.15, 0.2) is 0 Å². The van der Waals surface area contributed by atoms with Gasteiger partial charge in [0.05, 0.1) is 22.8 Å². The molecule has 4 nitrogen and oxygen atoms in total. The molecule has 1 rings (SSSR count). The van der Waals surface area contributed by atoms with Crippen molar-refractivity contribution in [3.05, 3.63) is 21.3 Å². The number of ether oxygens (including phenoxy) is 1. The molecule has 0 saturated heterocycles. The molecular weight excluding hydrogens is 274 g/mol. The van der Waals surface area contributed by atoms with Gasteiger partial charge >= 0.3 is 0 Å². The lowest BCUT2D eigenvalue weighted by molar-refractivity contribution is 0.0727. The zero-order chi connectivity index (χ0) is 12.1. The third-order valence-electron chi connectivity index (χ3n) is 1.75. The summed E-state index contributed by atoms with van der Waals surface area (Å²) in [7, 11) is 1.51. The molecule has 1 aromatic heterocycles. The van der Waals surface area contributed by atoms with Gasteiger partial charge in [-0.15, -0.1) is 0 Å². The second-order valence-corrected chi connectivity index (χ2v) is 4.25. The second-order valence-electron chi connectivity index (χ2n) is 3.08. The molecule has 0 aliphatic rings. The molecule has 0 fully saturated rings. The lowest BCUT2D eigenvalue weighted by Crippen LogP contribution is -2.24. The van der Waals surface area contributed by atoms with E-state index < -0.39 is 6.10 Å². The molecule has 0 aliphatic heterocycles. The van der Waals surface area contributed by atoms with Crippen molar-refractivity contribution in [1.29, 1.82) is 0 Å². The van der Waals surface area contributed by atoms with Crippen LogP contribution in [-0.4, -0.2) is 36.5 Å². The molecule has 0 bridgehead atoms. The van der Waals surface area contributed by atoms with Gasteiger partial charge in [0.1, 0.15) is 11.0 Å². The van der Waals surface area contributed by atoms with Crippen LogP contribution in [-0.2, 0) is 4.74 Å². The van der Waals surface area contributed by atoms with Gasteiger partial charge in [-0.25, -0.2) is 4.98 Å². The van der Waals surface area contributed by atoms with Crippen molar-refractivity contribution in [3.63, 3.8) is 0 Å². The van der Waals surface area contributed by atoms with Gasteiger partial charge in [-0.1, -0.05) is 34.8 Å². The van der Waals surface area contributed by atoms with Crippen molar-refractivity contribution in [3.8, 4) is 0 Å². The number of aliphatic hydroxyl groups excluding tert-OH is 1. The molecule has 1 aromatic rings. The summed E-state index contributed by atoms with van der Waals surface area (Å²) in [5.41, 5.74) is 0. The summed E-state index contributed by atoms with van der Waals surface area (Å²) in [5.74, 6) is 0.381. The Hall–Kier alpha value is -0.260. The van der Waals surface area contributed by atoms with Gasteiger partial charge in [-0.05, 0) is 6.07 Å². The zero-order valence-corrected chi connectivity index (χ0v) is 10.8.